The molecule has 3 aromatic carbocycles. The minimum atomic E-state index is -0.0759. The fourth-order valence-corrected chi connectivity index (χ4v) is 7.57. The maximum absolute atomic E-state index is 2.92. The van der Waals surface area contributed by atoms with E-state index in [1.54, 1.807) is 0 Å². The molecule has 4 atom stereocenters. The van der Waals surface area contributed by atoms with E-state index in [4.69, 9.17) is 0 Å². The van der Waals surface area contributed by atoms with Gasteiger partial charge in [0.05, 0.1) is 11.6 Å². The summed E-state index contributed by atoms with van der Waals surface area (Å²) in [5.41, 5.74) is 8.36. The average molecular weight is 463 g/mol. The molecule has 2 fully saturated rings. The second-order valence-corrected chi connectivity index (χ2v) is 11.0. The fourth-order valence-electron chi connectivity index (χ4n) is 7.57. The van der Waals surface area contributed by atoms with E-state index in [-0.39, 0.29) is 11.7 Å². The zero-order valence-corrected chi connectivity index (χ0v) is 21.6. The number of hydrogen-bond acceptors (Lipinski definition) is 2. The molecule has 0 spiro atoms. The topological polar surface area (TPSA) is 6.48 Å². The lowest BCUT2D eigenvalue weighted by molar-refractivity contribution is 0.0523. The van der Waals surface area contributed by atoms with Gasteiger partial charge in [-0.1, -0.05) is 91.7 Å². The Morgan fingerprint density at radius 1 is 0.743 bits per heavy atom. The standard InChI is InChI=1S/C33H38N2/c1-23-13-8-11-20-29(23)34-26(4)30-21-22-33(28-18-9-10-19-28,27-16-6-5-7-17-27)35(30)32(34)31-24(2)14-12-15-25(31)3/h5-8,11-17,20-22,26,28,30,32H,9-10,18-19H2,1-4H3/t26-,30?,32?,33?/m0/s1. The van der Waals surface area contributed by atoms with Crippen LogP contribution in [-0.2, 0) is 5.54 Å². The van der Waals surface area contributed by atoms with Crippen molar-refractivity contribution in [2.24, 2.45) is 5.92 Å². The number of rotatable bonds is 4. The fraction of sp³-hybridized carbons (Fsp3) is 0.394. The lowest BCUT2D eigenvalue weighted by atomic mass is 9.76. The van der Waals surface area contributed by atoms with Crippen LogP contribution >= 0.6 is 0 Å². The van der Waals surface area contributed by atoms with Crippen LogP contribution in [0.3, 0.4) is 0 Å². The molecule has 6 rings (SSSR count). The Morgan fingerprint density at radius 3 is 2.06 bits per heavy atom. The van der Waals surface area contributed by atoms with E-state index in [1.165, 1.54) is 59.2 Å². The minimum absolute atomic E-state index is 0.0759. The highest BCUT2D eigenvalue weighted by Gasteiger charge is 2.59. The lowest BCUT2D eigenvalue weighted by Crippen LogP contribution is -2.50. The van der Waals surface area contributed by atoms with Gasteiger partial charge in [-0.05, 0) is 80.3 Å². The molecule has 0 N–H and O–H groups in total. The number of fused-ring (bicyclic) bond motifs is 1. The number of aryl methyl sites for hydroxylation is 3. The van der Waals surface area contributed by atoms with Crippen molar-refractivity contribution in [2.75, 3.05) is 4.90 Å². The van der Waals surface area contributed by atoms with Crippen LogP contribution < -0.4 is 4.90 Å². The zero-order chi connectivity index (χ0) is 24.2. The molecule has 2 heteroatoms. The number of benzene rings is 3. The third-order valence-corrected chi connectivity index (χ3v) is 9.16. The van der Waals surface area contributed by atoms with Crippen LogP contribution in [0.15, 0.2) is 84.9 Å². The first-order valence-electron chi connectivity index (χ1n) is 13.5. The summed E-state index contributed by atoms with van der Waals surface area (Å²) < 4.78 is 0. The molecule has 180 valence electrons. The van der Waals surface area contributed by atoms with Gasteiger partial charge in [0.15, 0.2) is 0 Å². The highest BCUT2D eigenvalue weighted by atomic mass is 15.5. The van der Waals surface area contributed by atoms with Gasteiger partial charge in [-0.2, -0.15) is 0 Å². The minimum Gasteiger partial charge on any atom is -0.347 e. The molecule has 2 heterocycles. The second kappa shape index (κ2) is 8.68. The van der Waals surface area contributed by atoms with E-state index < -0.39 is 0 Å². The van der Waals surface area contributed by atoms with E-state index in [9.17, 15) is 0 Å². The molecule has 0 aromatic heterocycles. The molecule has 1 saturated heterocycles. The van der Waals surface area contributed by atoms with Gasteiger partial charge in [0.25, 0.3) is 0 Å². The summed E-state index contributed by atoms with van der Waals surface area (Å²) in [5.74, 6) is 0.641. The molecule has 0 bridgehead atoms. The highest BCUT2D eigenvalue weighted by molar-refractivity contribution is 5.60. The van der Waals surface area contributed by atoms with Crippen molar-refractivity contribution in [3.63, 3.8) is 0 Å². The normalized spacial score (nSPS) is 28.7. The van der Waals surface area contributed by atoms with Crippen molar-refractivity contribution in [1.82, 2.24) is 4.90 Å². The van der Waals surface area contributed by atoms with Gasteiger partial charge in [-0.3, -0.25) is 4.90 Å². The highest BCUT2D eigenvalue weighted by Crippen LogP contribution is 2.58. The van der Waals surface area contributed by atoms with Crippen LogP contribution in [-0.4, -0.2) is 17.0 Å². The third-order valence-electron chi connectivity index (χ3n) is 9.16. The molecule has 1 aliphatic carbocycles. The quantitative estimate of drug-likeness (QED) is 0.364. The van der Waals surface area contributed by atoms with Crippen molar-refractivity contribution in [1.29, 1.82) is 0 Å². The lowest BCUT2D eigenvalue weighted by Gasteiger charge is -2.48. The van der Waals surface area contributed by atoms with Gasteiger partial charge < -0.3 is 4.90 Å². The van der Waals surface area contributed by atoms with Gasteiger partial charge in [0.1, 0.15) is 6.17 Å². The van der Waals surface area contributed by atoms with Gasteiger partial charge >= 0.3 is 0 Å². The van der Waals surface area contributed by atoms with E-state index in [1.807, 2.05) is 0 Å². The van der Waals surface area contributed by atoms with Crippen LogP contribution in [0, 0.1) is 26.7 Å². The van der Waals surface area contributed by atoms with Crippen LogP contribution in [0.5, 0.6) is 0 Å². The summed E-state index contributed by atoms with van der Waals surface area (Å²) in [4.78, 5) is 5.66. The van der Waals surface area contributed by atoms with E-state index in [2.05, 4.69) is 122 Å². The van der Waals surface area contributed by atoms with Crippen LogP contribution in [0.25, 0.3) is 0 Å². The predicted octanol–water partition coefficient (Wildman–Crippen LogP) is 7.85. The molecule has 0 radical (unpaired) electrons. The molecule has 3 aromatic rings. The van der Waals surface area contributed by atoms with Gasteiger partial charge in [0, 0.05) is 11.7 Å². The Labute approximate surface area is 211 Å². The Bertz CT molecular complexity index is 1220. The molecule has 3 unspecified atom stereocenters. The largest absolute Gasteiger partial charge is 0.347 e. The zero-order valence-electron chi connectivity index (χ0n) is 21.6. The van der Waals surface area contributed by atoms with Gasteiger partial charge in [0.2, 0.25) is 0 Å². The van der Waals surface area contributed by atoms with Gasteiger partial charge in [-0.15, -0.1) is 0 Å². The SMILES string of the molecule is Cc1ccccc1N1C(c2c(C)cccc2C)N2C(C=CC2(c2ccccc2)C2CCCC2)[C@@H]1C. The van der Waals surface area contributed by atoms with Crippen molar-refractivity contribution in [2.45, 2.75) is 77.2 Å². The summed E-state index contributed by atoms with van der Waals surface area (Å²) in [6.07, 6.45) is 10.6. The third kappa shape index (κ3) is 3.33. The van der Waals surface area contributed by atoms with Crippen molar-refractivity contribution in [3.05, 3.63) is 113 Å². The first-order chi connectivity index (χ1) is 17.0. The van der Waals surface area contributed by atoms with Crippen LogP contribution in [0.4, 0.5) is 5.69 Å². The molecule has 2 nitrogen and oxygen atoms in total. The predicted molar refractivity (Wildman–Crippen MR) is 147 cm³/mol. The first-order valence-corrected chi connectivity index (χ1v) is 13.5. The molecule has 0 amide bonds. The van der Waals surface area contributed by atoms with E-state index in [0.717, 1.165) is 0 Å². The average Bonchev–Trinajstić information content (AvgIpc) is 3.59. The number of nitrogens with zero attached hydrogens (tertiary/aromatic N) is 2. The molecule has 35 heavy (non-hydrogen) atoms. The summed E-state index contributed by atoms with van der Waals surface area (Å²) in [7, 11) is 0. The van der Waals surface area contributed by atoms with Crippen molar-refractivity contribution >= 4 is 5.69 Å². The molecule has 2 aliphatic heterocycles. The number of para-hydroxylation sites is 1. The molecular weight excluding hydrogens is 424 g/mol. The van der Waals surface area contributed by atoms with E-state index in [0.29, 0.717) is 18.0 Å². The Morgan fingerprint density at radius 2 is 1.37 bits per heavy atom. The number of hydrogen-bond donors (Lipinski definition) is 0. The second-order valence-electron chi connectivity index (χ2n) is 11.0. The molecular formula is C33H38N2. The molecule has 3 aliphatic rings. The summed E-state index contributed by atoms with van der Waals surface area (Å²) >= 11 is 0. The Hall–Kier alpha value is -2.84. The van der Waals surface area contributed by atoms with Crippen LogP contribution in [0.1, 0.15) is 66.6 Å². The van der Waals surface area contributed by atoms with Crippen LogP contribution in [0.2, 0.25) is 0 Å². The molecule has 1 saturated carbocycles. The van der Waals surface area contributed by atoms with Gasteiger partial charge in [-0.25, -0.2) is 0 Å². The van der Waals surface area contributed by atoms with E-state index >= 15 is 0 Å². The maximum atomic E-state index is 2.92. The van der Waals surface area contributed by atoms with Crippen molar-refractivity contribution < 1.29 is 0 Å². The maximum Gasteiger partial charge on any atom is 0.111 e. The Balaban J connectivity index is 1.62. The summed E-state index contributed by atoms with van der Waals surface area (Å²) in [5, 5.41) is 0. The smallest absolute Gasteiger partial charge is 0.111 e. The number of anilines is 1. The summed E-state index contributed by atoms with van der Waals surface area (Å²) in [6.45, 7) is 9.32. The monoisotopic (exact) mass is 462 g/mol. The van der Waals surface area contributed by atoms with Crippen molar-refractivity contribution in [3.8, 4) is 0 Å². The Kier molecular flexibility index (Phi) is 5.60. The summed E-state index contributed by atoms with van der Waals surface area (Å²) in [6, 6.07) is 28.0. The first kappa shape index (κ1) is 22.6.